The molecule has 1 spiro atoms. The SMILES string of the molecule is CCOCCCNC(=O)c1ccc(CN2C(=O)C3(COc4cc5c(cc43)OCO5)c3ccccc32)cc1. The molecular weight excluding hydrogens is 472 g/mol. The summed E-state index contributed by atoms with van der Waals surface area (Å²) in [6, 6.07) is 18.9. The smallest absolute Gasteiger partial charge is 0.251 e. The van der Waals surface area contributed by atoms with Gasteiger partial charge in [0.25, 0.3) is 5.91 Å². The van der Waals surface area contributed by atoms with Crippen LogP contribution in [0.25, 0.3) is 0 Å². The fourth-order valence-corrected chi connectivity index (χ4v) is 5.29. The van der Waals surface area contributed by atoms with E-state index in [0.717, 1.165) is 28.8 Å². The molecule has 8 heteroatoms. The highest BCUT2D eigenvalue weighted by Gasteiger charge is 2.57. The molecule has 0 bridgehead atoms. The first kappa shape index (κ1) is 23.4. The Labute approximate surface area is 215 Å². The van der Waals surface area contributed by atoms with Crippen LogP contribution in [0.4, 0.5) is 5.69 Å². The van der Waals surface area contributed by atoms with Gasteiger partial charge in [0.2, 0.25) is 12.7 Å². The molecule has 2 amide bonds. The fourth-order valence-electron chi connectivity index (χ4n) is 5.29. The van der Waals surface area contributed by atoms with Gasteiger partial charge in [0.05, 0.1) is 6.54 Å². The van der Waals surface area contributed by atoms with Gasteiger partial charge >= 0.3 is 0 Å². The number of benzene rings is 3. The number of nitrogens with zero attached hydrogens (tertiary/aromatic N) is 1. The van der Waals surface area contributed by atoms with Crippen LogP contribution in [0.15, 0.2) is 60.7 Å². The van der Waals surface area contributed by atoms with Crippen LogP contribution in [0.5, 0.6) is 17.2 Å². The number of rotatable bonds is 8. The third kappa shape index (κ3) is 3.88. The quantitative estimate of drug-likeness (QED) is 0.474. The van der Waals surface area contributed by atoms with Crippen LogP contribution in [0.3, 0.4) is 0 Å². The Morgan fingerprint density at radius 2 is 1.78 bits per heavy atom. The van der Waals surface area contributed by atoms with Gasteiger partial charge in [-0.25, -0.2) is 0 Å². The number of nitrogens with one attached hydrogen (secondary N) is 1. The van der Waals surface area contributed by atoms with Gasteiger partial charge in [0.1, 0.15) is 17.8 Å². The minimum atomic E-state index is -0.936. The van der Waals surface area contributed by atoms with E-state index in [0.29, 0.717) is 49.1 Å². The first-order chi connectivity index (χ1) is 18.1. The van der Waals surface area contributed by atoms with Crippen LogP contribution in [0.2, 0.25) is 0 Å². The molecule has 3 aliphatic heterocycles. The molecule has 1 N–H and O–H groups in total. The van der Waals surface area contributed by atoms with Crippen molar-refractivity contribution < 1.29 is 28.5 Å². The zero-order valence-electron chi connectivity index (χ0n) is 20.6. The van der Waals surface area contributed by atoms with E-state index in [9.17, 15) is 9.59 Å². The molecule has 3 heterocycles. The van der Waals surface area contributed by atoms with Crippen molar-refractivity contribution in [3.63, 3.8) is 0 Å². The molecule has 1 unspecified atom stereocenters. The van der Waals surface area contributed by atoms with Gasteiger partial charge in [0.15, 0.2) is 11.5 Å². The van der Waals surface area contributed by atoms with Crippen LogP contribution in [0, 0.1) is 0 Å². The predicted octanol–water partition coefficient (Wildman–Crippen LogP) is 3.80. The van der Waals surface area contributed by atoms with Crippen LogP contribution in [-0.4, -0.2) is 45.0 Å². The van der Waals surface area contributed by atoms with Crippen molar-refractivity contribution in [2.75, 3.05) is 38.1 Å². The highest BCUT2D eigenvalue weighted by Crippen LogP contribution is 2.55. The number of fused-ring (bicyclic) bond motifs is 5. The average molecular weight is 501 g/mol. The average Bonchev–Trinajstić information content (AvgIpc) is 3.60. The lowest BCUT2D eigenvalue weighted by molar-refractivity contribution is -0.122. The van der Waals surface area contributed by atoms with Crippen molar-refractivity contribution in [1.29, 1.82) is 0 Å². The summed E-state index contributed by atoms with van der Waals surface area (Å²) in [5.74, 6) is 1.74. The van der Waals surface area contributed by atoms with Gasteiger partial charge in [-0.15, -0.1) is 0 Å². The molecule has 37 heavy (non-hydrogen) atoms. The molecule has 0 radical (unpaired) electrons. The van der Waals surface area contributed by atoms with E-state index < -0.39 is 5.41 Å². The van der Waals surface area contributed by atoms with E-state index in [1.807, 2.05) is 55.5 Å². The maximum atomic E-state index is 14.1. The lowest BCUT2D eigenvalue weighted by Crippen LogP contribution is -2.42. The molecule has 0 fully saturated rings. The van der Waals surface area contributed by atoms with Gasteiger partial charge in [-0.1, -0.05) is 30.3 Å². The van der Waals surface area contributed by atoms with Crippen molar-refractivity contribution in [2.24, 2.45) is 0 Å². The van der Waals surface area contributed by atoms with Crippen molar-refractivity contribution in [1.82, 2.24) is 5.32 Å². The summed E-state index contributed by atoms with van der Waals surface area (Å²) in [6.45, 7) is 4.57. The molecular formula is C29H28N2O6. The third-order valence-corrected chi connectivity index (χ3v) is 7.16. The Morgan fingerprint density at radius 1 is 1.00 bits per heavy atom. The topological polar surface area (TPSA) is 86.3 Å². The normalized spacial score (nSPS) is 18.6. The second-order valence-corrected chi connectivity index (χ2v) is 9.31. The molecule has 3 aromatic carbocycles. The zero-order valence-corrected chi connectivity index (χ0v) is 20.6. The van der Waals surface area contributed by atoms with Gasteiger partial charge in [-0.05, 0) is 48.7 Å². The van der Waals surface area contributed by atoms with Crippen LogP contribution in [-0.2, 0) is 21.5 Å². The van der Waals surface area contributed by atoms with Crippen molar-refractivity contribution in [3.05, 3.63) is 82.9 Å². The molecule has 190 valence electrons. The number of hydrogen-bond acceptors (Lipinski definition) is 6. The second-order valence-electron chi connectivity index (χ2n) is 9.31. The Hall–Kier alpha value is -4.04. The number of carbonyl (C=O) groups is 2. The summed E-state index contributed by atoms with van der Waals surface area (Å²) < 4.78 is 22.5. The third-order valence-electron chi connectivity index (χ3n) is 7.16. The second kappa shape index (κ2) is 9.44. The number of anilines is 1. The Morgan fingerprint density at radius 3 is 2.59 bits per heavy atom. The fraction of sp³-hybridized carbons (Fsp3) is 0.310. The molecule has 0 saturated carbocycles. The lowest BCUT2D eigenvalue weighted by atomic mass is 9.77. The molecule has 8 nitrogen and oxygen atoms in total. The van der Waals surface area contributed by atoms with Gasteiger partial charge in [-0.3, -0.25) is 9.59 Å². The van der Waals surface area contributed by atoms with E-state index in [-0.39, 0.29) is 25.2 Å². The van der Waals surface area contributed by atoms with E-state index in [2.05, 4.69) is 5.32 Å². The Kier molecular flexibility index (Phi) is 5.96. The molecule has 0 saturated heterocycles. The molecule has 3 aromatic rings. The van der Waals surface area contributed by atoms with Crippen molar-refractivity contribution in [2.45, 2.75) is 25.3 Å². The Bertz CT molecular complexity index is 1360. The maximum absolute atomic E-state index is 14.1. The standard InChI is InChI=1S/C29H28N2O6/c1-2-34-13-5-12-30-27(32)20-10-8-19(9-11-20)16-31-23-7-4-3-6-21(23)29(28(31)33)17-35-24-15-26-25(14-22(24)29)36-18-37-26/h3-4,6-11,14-15H,2,5,12-13,16-18H2,1H3,(H,30,32). The van der Waals surface area contributed by atoms with Crippen molar-refractivity contribution in [3.8, 4) is 17.2 Å². The maximum Gasteiger partial charge on any atom is 0.251 e. The minimum absolute atomic E-state index is 0.0394. The van der Waals surface area contributed by atoms with Crippen molar-refractivity contribution >= 4 is 17.5 Å². The molecule has 1 atom stereocenters. The minimum Gasteiger partial charge on any atom is -0.491 e. The van der Waals surface area contributed by atoms with Crippen LogP contribution >= 0.6 is 0 Å². The summed E-state index contributed by atoms with van der Waals surface area (Å²) >= 11 is 0. The lowest BCUT2D eigenvalue weighted by Gasteiger charge is -2.23. The van der Waals surface area contributed by atoms with E-state index in [1.165, 1.54) is 0 Å². The number of para-hydroxylation sites is 1. The first-order valence-electron chi connectivity index (χ1n) is 12.5. The number of amides is 2. The monoisotopic (exact) mass is 500 g/mol. The van der Waals surface area contributed by atoms with E-state index in [4.69, 9.17) is 18.9 Å². The molecule has 0 aromatic heterocycles. The van der Waals surface area contributed by atoms with E-state index >= 15 is 0 Å². The van der Waals surface area contributed by atoms with Crippen LogP contribution in [0.1, 0.15) is 40.4 Å². The van der Waals surface area contributed by atoms with Gasteiger partial charge in [0, 0.05) is 42.6 Å². The molecule has 6 rings (SSSR count). The zero-order chi connectivity index (χ0) is 25.4. The summed E-state index contributed by atoms with van der Waals surface area (Å²) in [4.78, 5) is 28.4. The summed E-state index contributed by atoms with van der Waals surface area (Å²) in [7, 11) is 0. The predicted molar refractivity (Wildman–Crippen MR) is 136 cm³/mol. The number of ether oxygens (including phenoxy) is 4. The molecule has 3 aliphatic rings. The van der Waals surface area contributed by atoms with E-state index in [1.54, 1.807) is 17.0 Å². The summed E-state index contributed by atoms with van der Waals surface area (Å²) in [6.07, 6.45) is 0.769. The van der Waals surface area contributed by atoms with Gasteiger partial charge in [-0.2, -0.15) is 0 Å². The summed E-state index contributed by atoms with van der Waals surface area (Å²) in [5.41, 5.74) is 3.15. The summed E-state index contributed by atoms with van der Waals surface area (Å²) in [5, 5.41) is 2.91. The number of hydrogen-bond donors (Lipinski definition) is 1. The largest absolute Gasteiger partial charge is 0.491 e. The first-order valence-corrected chi connectivity index (χ1v) is 12.5. The highest BCUT2D eigenvalue weighted by atomic mass is 16.7. The Balaban J connectivity index is 1.23. The van der Waals surface area contributed by atoms with Crippen LogP contribution < -0.4 is 24.4 Å². The molecule has 0 aliphatic carbocycles. The highest BCUT2D eigenvalue weighted by molar-refractivity contribution is 6.11. The number of carbonyl (C=O) groups excluding carboxylic acids is 2. The van der Waals surface area contributed by atoms with Gasteiger partial charge < -0.3 is 29.2 Å².